The second-order valence-electron chi connectivity index (χ2n) is 4.09. The van der Waals surface area contributed by atoms with Gasteiger partial charge in [0.05, 0.1) is 26.7 Å². The molecule has 0 aromatic carbocycles. The van der Waals surface area contributed by atoms with E-state index in [9.17, 15) is 8.76 Å². The summed E-state index contributed by atoms with van der Waals surface area (Å²) in [6.07, 6.45) is 4.33. The second kappa shape index (κ2) is 6.10. The van der Waals surface area contributed by atoms with Crippen molar-refractivity contribution in [3.05, 3.63) is 25.3 Å². The Balaban J connectivity index is 4.18. The molecule has 0 N–H and O–H groups in total. The van der Waals surface area contributed by atoms with Crippen molar-refractivity contribution in [3.63, 3.8) is 0 Å². The summed E-state index contributed by atoms with van der Waals surface area (Å²) in [5.74, 6) is 3.25. The maximum atomic E-state index is 10.9. The van der Waals surface area contributed by atoms with Gasteiger partial charge in [0.15, 0.2) is 0 Å². The van der Waals surface area contributed by atoms with Gasteiger partial charge >= 0.3 is 0 Å². The van der Waals surface area contributed by atoms with E-state index in [0.29, 0.717) is 6.42 Å². The smallest absolute Gasteiger partial charge is 0.0971 e. The predicted molar refractivity (Wildman–Crippen MR) is 66.7 cm³/mol. The average Bonchev–Trinajstić information content (AvgIpc) is 2.01. The van der Waals surface area contributed by atoms with Gasteiger partial charge in [-0.2, -0.15) is 0 Å². The molecule has 4 heteroatoms. The normalized spacial score (nSPS) is 15.6. The van der Waals surface area contributed by atoms with E-state index >= 15 is 0 Å². The van der Waals surface area contributed by atoms with Crippen LogP contribution in [-0.2, 0) is 9.80 Å². The van der Waals surface area contributed by atoms with Crippen molar-refractivity contribution >= 4 is 15.7 Å². The van der Waals surface area contributed by atoms with E-state index in [2.05, 4.69) is 26.1 Å². The van der Waals surface area contributed by atoms with Gasteiger partial charge in [-0.25, -0.2) is 0 Å². The Kier molecular flexibility index (Phi) is 5.87. The molecule has 0 aliphatic rings. The van der Waals surface area contributed by atoms with Crippen LogP contribution in [0.5, 0.6) is 0 Å². The zero-order valence-corrected chi connectivity index (χ0v) is 10.3. The number of hydrogen-bond acceptors (Lipinski definition) is 2. The number of quaternary nitrogens is 1. The minimum absolute atomic E-state index is 0.148. The van der Waals surface area contributed by atoms with Crippen molar-refractivity contribution < 1.29 is 13.2 Å². The van der Waals surface area contributed by atoms with Crippen LogP contribution in [0.4, 0.5) is 0 Å². The molecule has 3 nitrogen and oxygen atoms in total. The Labute approximate surface area is 93.5 Å². The molecular formula is C11H21NO2S. The lowest BCUT2D eigenvalue weighted by molar-refractivity contribution is -0.898. The standard InChI is InChI=1S/C11H21NO2S/c1-5-8-12(3,9-6-2)10-7-11-15(4,13)14/h5-6H,1-2,4,7-11H2,3H3. The SMILES string of the molecule is C=CC[N+](C)(CC=C)CCCS(=C)(=O)[O-]. The summed E-state index contributed by atoms with van der Waals surface area (Å²) < 4.78 is 22.5. The first-order valence-corrected chi connectivity index (χ1v) is 6.76. The summed E-state index contributed by atoms with van der Waals surface area (Å²) in [4.78, 5) is 0. The van der Waals surface area contributed by atoms with E-state index in [0.717, 1.165) is 24.1 Å². The van der Waals surface area contributed by atoms with E-state index < -0.39 is 9.80 Å². The van der Waals surface area contributed by atoms with Crippen molar-refractivity contribution in [3.8, 4) is 0 Å². The molecule has 0 radical (unpaired) electrons. The van der Waals surface area contributed by atoms with Gasteiger partial charge in [-0.15, -0.1) is 0 Å². The molecule has 0 aliphatic carbocycles. The molecule has 0 fully saturated rings. The molecule has 1 unspecified atom stereocenters. The predicted octanol–water partition coefficient (Wildman–Crippen LogP) is 1.04. The van der Waals surface area contributed by atoms with Gasteiger partial charge in [-0.3, -0.25) is 4.21 Å². The third-order valence-electron chi connectivity index (χ3n) is 2.29. The first-order valence-electron chi connectivity index (χ1n) is 4.94. The van der Waals surface area contributed by atoms with Crippen LogP contribution in [0.25, 0.3) is 0 Å². The van der Waals surface area contributed by atoms with Crippen LogP contribution in [0.3, 0.4) is 0 Å². The fourth-order valence-electron chi connectivity index (χ4n) is 1.55. The third kappa shape index (κ3) is 7.36. The number of rotatable bonds is 8. The third-order valence-corrected chi connectivity index (χ3v) is 3.20. The monoisotopic (exact) mass is 231 g/mol. The molecule has 0 amide bonds. The topological polar surface area (TPSA) is 40.1 Å². The largest absolute Gasteiger partial charge is 0.778 e. The Bertz CT molecular complexity index is 297. The van der Waals surface area contributed by atoms with Crippen molar-refractivity contribution in [2.75, 3.05) is 32.4 Å². The fourth-order valence-corrected chi connectivity index (χ4v) is 2.12. The number of hydrogen-bond donors (Lipinski definition) is 0. The van der Waals surface area contributed by atoms with E-state index in [1.54, 1.807) is 0 Å². The minimum atomic E-state index is -3.09. The van der Waals surface area contributed by atoms with Crippen molar-refractivity contribution in [1.82, 2.24) is 0 Å². The van der Waals surface area contributed by atoms with Crippen molar-refractivity contribution in [1.29, 1.82) is 0 Å². The first-order chi connectivity index (χ1) is 6.83. The zero-order valence-electron chi connectivity index (χ0n) is 9.48. The summed E-state index contributed by atoms with van der Waals surface area (Å²) in [6, 6.07) is 0. The highest BCUT2D eigenvalue weighted by Crippen LogP contribution is 2.05. The summed E-state index contributed by atoms with van der Waals surface area (Å²) in [7, 11) is -1.02. The molecule has 0 aliphatic heterocycles. The maximum absolute atomic E-state index is 10.9. The highest BCUT2D eigenvalue weighted by molar-refractivity contribution is 7.94. The number of likely N-dealkylation sites (N-methyl/N-ethyl adjacent to an activating group) is 1. The van der Waals surface area contributed by atoms with Gasteiger partial charge in [0.2, 0.25) is 0 Å². The quantitative estimate of drug-likeness (QED) is 0.356. The summed E-state index contributed by atoms with van der Waals surface area (Å²) in [6.45, 7) is 9.85. The Morgan fingerprint density at radius 1 is 1.33 bits per heavy atom. The van der Waals surface area contributed by atoms with Gasteiger partial charge in [-0.1, -0.05) is 28.8 Å². The number of nitrogens with zero attached hydrogens (tertiary/aromatic N) is 1. The summed E-state index contributed by atoms with van der Waals surface area (Å²) in [5, 5.41) is 0. The van der Waals surface area contributed by atoms with Crippen LogP contribution in [0.1, 0.15) is 6.42 Å². The van der Waals surface area contributed by atoms with E-state index in [-0.39, 0.29) is 5.75 Å². The lowest BCUT2D eigenvalue weighted by Gasteiger charge is -2.32. The van der Waals surface area contributed by atoms with E-state index in [4.69, 9.17) is 0 Å². The molecule has 0 bridgehead atoms. The highest BCUT2D eigenvalue weighted by Gasteiger charge is 2.17. The van der Waals surface area contributed by atoms with Gasteiger partial charge < -0.3 is 9.04 Å². The average molecular weight is 231 g/mol. The highest BCUT2D eigenvalue weighted by atomic mass is 32.2. The van der Waals surface area contributed by atoms with Gasteiger partial charge in [0.25, 0.3) is 0 Å². The van der Waals surface area contributed by atoms with Crippen LogP contribution in [0, 0.1) is 0 Å². The Hall–Kier alpha value is -0.580. The van der Waals surface area contributed by atoms with E-state index in [1.165, 1.54) is 0 Å². The molecule has 0 aromatic heterocycles. The van der Waals surface area contributed by atoms with Crippen LogP contribution in [-0.4, -0.2) is 51.5 Å². The van der Waals surface area contributed by atoms with Crippen LogP contribution in [0.2, 0.25) is 0 Å². The minimum Gasteiger partial charge on any atom is -0.778 e. The maximum Gasteiger partial charge on any atom is 0.0971 e. The van der Waals surface area contributed by atoms with Crippen LogP contribution < -0.4 is 0 Å². The molecule has 15 heavy (non-hydrogen) atoms. The second-order valence-corrected chi connectivity index (χ2v) is 5.98. The molecule has 1 atom stereocenters. The lowest BCUT2D eigenvalue weighted by atomic mass is 10.3. The molecule has 88 valence electrons. The molecular weight excluding hydrogens is 210 g/mol. The Morgan fingerprint density at radius 3 is 2.13 bits per heavy atom. The van der Waals surface area contributed by atoms with Crippen molar-refractivity contribution in [2.45, 2.75) is 6.42 Å². The summed E-state index contributed by atoms with van der Waals surface area (Å²) >= 11 is 0. The molecule has 0 rings (SSSR count). The Morgan fingerprint density at radius 2 is 1.80 bits per heavy atom. The molecule has 0 heterocycles. The first kappa shape index (κ1) is 14.4. The van der Waals surface area contributed by atoms with Gasteiger partial charge in [0.1, 0.15) is 0 Å². The van der Waals surface area contributed by atoms with E-state index in [1.807, 2.05) is 12.2 Å². The molecule has 0 saturated heterocycles. The molecule has 0 saturated carbocycles. The molecule has 0 spiro atoms. The summed E-state index contributed by atoms with van der Waals surface area (Å²) in [5.41, 5.74) is 0. The van der Waals surface area contributed by atoms with Crippen LogP contribution in [0.15, 0.2) is 25.3 Å². The van der Waals surface area contributed by atoms with Crippen molar-refractivity contribution in [2.24, 2.45) is 0 Å². The molecule has 0 aromatic rings. The lowest BCUT2D eigenvalue weighted by Crippen LogP contribution is -2.45. The fraction of sp³-hybridized carbons (Fsp3) is 0.545. The van der Waals surface area contributed by atoms with Gasteiger partial charge in [-0.05, 0) is 12.2 Å². The zero-order chi connectivity index (χ0) is 11.9. The van der Waals surface area contributed by atoms with Crippen LogP contribution >= 0.6 is 0 Å². The van der Waals surface area contributed by atoms with Gasteiger partial charge in [0, 0.05) is 12.2 Å².